The largest absolute Gasteiger partial charge is 0.496 e. The Kier molecular flexibility index (Phi) is 7.46. The van der Waals surface area contributed by atoms with E-state index in [1.807, 2.05) is 11.8 Å². The molecule has 1 rings (SSSR count). The maximum atomic E-state index is 5.61. The Morgan fingerprint density at radius 1 is 1.20 bits per heavy atom. The lowest BCUT2D eigenvalue weighted by molar-refractivity contribution is 0.402. The number of rotatable bonds is 8. The van der Waals surface area contributed by atoms with Crippen LogP contribution in [0.15, 0.2) is 12.1 Å². The lowest BCUT2D eigenvalue weighted by Gasteiger charge is -2.23. The number of ether oxygens (including phenoxy) is 1. The van der Waals surface area contributed by atoms with Gasteiger partial charge in [0.1, 0.15) is 5.75 Å². The van der Waals surface area contributed by atoms with Gasteiger partial charge in [0.25, 0.3) is 0 Å². The highest BCUT2D eigenvalue weighted by Gasteiger charge is 2.18. The second-order valence-electron chi connectivity index (χ2n) is 5.74. The number of hydrogen-bond acceptors (Lipinski definition) is 3. The van der Waals surface area contributed by atoms with Gasteiger partial charge in [0.15, 0.2) is 0 Å². The summed E-state index contributed by atoms with van der Waals surface area (Å²) in [4.78, 5) is 0. The van der Waals surface area contributed by atoms with Crippen molar-refractivity contribution >= 4 is 11.8 Å². The number of aryl methyl sites for hydroxylation is 2. The molecule has 0 fully saturated rings. The molecular formula is C17H29NOS. The summed E-state index contributed by atoms with van der Waals surface area (Å²) < 4.78 is 5.61. The van der Waals surface area contributed by atoms with Crippen LogP contribution in [0.4, 0.5) is 0 Å². The highest BCUT2D eigenvalue weighted by atomic mass is 32.2. The van der Waals surface area contributed by atoms with E-state index in [0.29, 0.717) is 6.04 Å². The number of methoxy groups -OCH3 is 1. The van der Waals surface area contributed by atoms with Crippen molar-refractivity contribution in [2.75, 3.05) is 25.2 Å². The van der Waals surface area contributed by atoms with Crippen LogP contribution in [0.3, 0.4) is 0 Å². The van der Waals surface area contributed by atoms with Gasteiger partial charge in [0.05, 0.1) is 7.11 Å². The molecule has 0 heterocycles. The lowest BCUT2D eigenvalue weighted by atomic mass is 9.98. The predicted octanol–water partition coefficient (Wildman–Crippen LogP) is 4.35. The normalized spacial score (nSPS) is 12.8. The molecule has 0 bridgehead atoms. The van der Waals surface area contributed by atoms with Crippen LogP contribution in [0.1, 0.15) is 43.5 Å². The molecule has 114 valence electrons. The van der Waals surface area contributed by atoms with Crippen molar-refractivity contribution in [1.29, 1.82) is 0 Å². The first-order chi connectivity index (χ1) is 9.49. The summed E-state index contributed by atoms with van der Waals surface area (Å²) in [6, 6.07) is 4.74. The van der Waals surface area contributed by atoms with Gasteiger partial charge in [-0.05, 0) is 49.3 Å². The summed E-state index contributed by atoms with van der Waals surface area (Å²) in [6.45, 7) is 12.0. The highest BCUT2D eigenvalue weighted by molar-refractivity contribution is 7.99. The van der Waals surface area contributed by atoms with Crippen molar-refractivity contribution in [2.45, 2.75) is 40.7 Å². The zero-order valence-electron chi connectivity index (χ0n) is 13.7. The Morgan fingerprint density at radius 2 is 1.90 bits per heavy atom. The fraction of sp³-hybridized carbons (Fsp3) is 0.647. The van der Waals surface area contributed by atoms with Gasteiger partial charge in [-0.15, -0.1) is 0 Å². The van der Waals surface area contributed by atoms with E-state index < -0.39 is 0 Å². The number of thioether (sulfide) groups is 1. The summed E-state index contributed by atoms with van der Waals surface area (Å²) in [5.41, 5.74) is 3.89. The van der Waals surface area contributed by atoms with Crippen molar-refractivity contribution < 1.29 is 4.74 Å². The molecule has 0 radical (unpaired) electrons. The second kappa shape index (κ2) is 8.58. The third-order valence-electron chi connectivity index (χ3n) is 3.25. The van der Waals surface area contributed by atoms with E-state index in [4.69, 9.17) is 4.74 Å². The number of benzene rings is 1. The number of nitrogens with one attached hydrogen (secondary N) is 1. The molecule has 1 N–H and O–H groups in total. The van der Waals surface area contributed by atoms with Crippen molar-refractivity contribution in [3.63, 3.8) is 0 Å². The van der Waals surface area contributed by atoms with Crippen LogP contribution >= 0.6 is 11.8 Å². The van der Waals surface area contributed by atoms with Crippen molar-refractivity contribution in [3.8, 4) is 5.75 Å². The van der Waals surface area contributed by atoms with Gasteiger partial charge < -0.3 is 10.1 Å². The Balaban J connectivity index is 2.95. The van der Waals surface area contributed by atoms with Crippen LogP contribution in [0, 0.1) is 19.8 Å². The Bertz CT molecular complexity index is 418. The van der Waals surface area contributed by atoms with E-state index in [9.17, 15) is 0 Å². The van der Waals surface area contributed by atoms with E-state index in [1.54, 1.807) is 7.11 Å². The van der Waals surface area contributed by atoms with Crippen LogP contribution in [0.25, 0.3) is 0 Å². The Labute approximate surface area is 128 Å². The second-order valence-corrected chi connectivity index (χ2v) is 6.81. The molecule has 3 heteroatoms. The molecule has 0 aromatic heterocycles. The standard InChI is InChI=1S/C17H29NOS/c1-7-18-15(11-20-10-12(2)3)17-14(5)8-13(4)9-16(17)19-6/h8-9,12,15,18H,7,10-11H2,1-6H3. The average molecular weight is 295 g/mol. The van der Waals surface area contributed by atoms with E-state index in [2.05, 4.69) is 52.1 Å². The molecule has 1 aromatic rings. The van der Waals surface area contributed by atoms with Gasteiger partial charge >= 0.3 is 0 Å². The first kappa shape index (κ1) is 17.4. The minimum Gasteiger partial charge on any atom is -0.496 e. The fourth-order valence-electron chi connectivity index (χ4n) is 2.47. The molecule has 0 saturated carbocycles. The van der Waals surface area contributed by atoms with Crippen molar-refractivity contribution in [3.05, 3.63) is 28.8 Å². The fourth-order valence-corrected chi connectivity index (χ4v) is 3.60. The highest BCUT2D eigenvalue weighted by Crippen LogP contribution is 2.32. The Morgan fingerprint density at radius 3 is 2.45 bits per heavy atom. The van der Waals surface area contributed by atoms with Crippen LogP contribution in [0.5, 0.6) is 5.75 Å². The molecule has 20 heavy (non-hydrogen) atoms. The van der Waals surface area contributed by atoms with Crippen molar-refractivity contribution in [1.82, 2.24) is 5.32 Å². The van der Waals surface area contributed by atoms with Crippen molar-refractivity contribution in [2.24, 2.45) is 5.92 Å². The SMILES string of the molecule is CCNC(CSCC(C)C)c1c(C)cc(C)cc1OC. The summed E-state index contributed by atoms with van der Waals surface area (Å²) in [7, 11) is 1.77. The summed E-state index contributed by atoms with van der Waals surface area (Å²) in [6.07, 6.45) is 0. The van der Waals surface area contributed by atoms with Gasteiger partial charge in [-0.25, -0.2) is 0 Å². The summed E-state index contributed by atoms with van der Waals surface area (Å²) in [5.74, 6) is 4.04. The monoisotopic (exact) mass is 295 g/mol. The zero-order valence-corrected chi connectivity index (χ0v) is 14.6. The zero-order chi connectivity index (χ0) is 15.1. The van der Waals surface area contributed by atoms with Crippen LogP contribution in [-0.2, 0) is 0 Å². The third-order valence-corrected chi connectivity index (χ3v) is 4.72. The van der Waals surface area contributed by atoms with E-state index in [0.717, 1.165) is 24.0 Å². The molecule has 0 aliphatic carbocycles. The minimum atomic E-state index is 0.360. The molecule has 1 atom stereocenters. The quantitative estimate of drug-likeness (QED) is 0.770. The molecule has 0 aliphatic heterocycles. The molecule has 2 nitrogen and oxygen atoms in total. The van der Waals surface area contributed by atoms with Gasteiger partial charge in [0.2, 0.25) is 0 Å². The topological polar surface area (TPSA) is 21.3 Å². The summed E-state index contributed by atoms with van der Waals surface area (Å²) in [5, 5.41) is 3.61. The molecule has 1 unspecified atom stereocenters. The maximum absolute atomic E-state index is 5.61. The van der Waals surface area contributed by atoms with E-state index >= 15 is 0 Å². The first-order valence-electron chi connectivity index (χ1n) is 7.45. The van der Waals surface area contributed by atoms with Gasteiger partial charge in [0, 0.05) is 17.4 Å². The smallest absolute Gasteiger partial charge is 0.124 e. The van der Waals surface area contributed by atoms with Gasteiger partial charge in [-0.3, -0.25) is 0 Å². The minimum absolute atomic E-state index is 0.360. The molecule has 0 amide bonds. The molecule has 1 aromatic carbocycles. The number of hydrogen-bond donors (Lipinski definition) is 1. The first-order valence-corrected chi connectivity index (χ1v) is 8.61. The summed E-state index contributed by atoms with van der Waals surface area (Å²) >= 11 is 2.02. The van der Waals surface area contributed by atoms with Crippen LogP contribution in [0.2, 0.25) is 0 Å². The lowest BCUT2D eigenvalue weighted by Crippen LogP contribution is -2.24. The van der Waals surface area contributed by atoms with Gasteiger partial charge in [-0.2, -0.15) is 11.8 Å². The van der Waals surface area contributed by atoms with E-state index in [-0.39, 0.29) is 0 Å². The predicted molar refractivity (Wildman–Crippen MR) is 91.0 cm³/mol. The van der Waals surface area contributed by atoms with Gasteiger partial charge in [-0.1, -0.05) is 26.8 Å². The van der Waals surface area contributed by atoms with E-state index in [1.165, 1.54) is 22.4 Å². The maximum Gasteiger partial charge on any atom is 0.124 e. The van der Waals surface area contributed by atoms with Crippen LogP contribution < -0.4 is 10.1 Å². The Hall–Kier alpha value is -0.670. The molecule has 0 saturated heterocycles. The average Bonchev–Trinajstić information content (AvgIpc) is 2.36. The molecule has 0 spiro atoms. The third kappa shape index (κ3) is 5.02. The molecular weight excluding hydrogens is 266 g/mol. The van der Waals surface area contributed by atoms with Crippen LogP contribution in [-0.4, -0.2) is 25.2 Å². The molecule has 0 aliphatic rings.